The smallest absolute Gasteiger partial charge is 0.407 e. The van der Waals surface area contributed by atoms with E-state index in [4.69, 9.17) is 10.5 Å². The first-order valence-corrected chi connectivity index (χ1v) is 11.1. The predicted molar refractivity (Wildman–Crippen MR) is 135 cm³/mol. The highest BCUT2D eigenvalue weighted by molar-refractivity contribution is 6.35. The van der Waals surface area contributed by atoms with Gasteiger partial charge in [-0.25, -0.2) is 9.59 Å². The van der Waals surface area contributed by atoms with Crippen molar-refractivity contribution in [1.82, 2.24) is 10.3 Å². The van der Waals surface area contributed by atoms with Crippen LogP contribution in [0.5, 0.6) is 0 Å². The number of carbonyl (C=O) groups excluding carboxylic acids is 3. The van der Waals surface area contributed by atoms with Crippen LogP contribution < -0.4 is 21.7 Å². The minimum atomic E-state index is -0.673. The standard InChI is InChI=1S/C26H27N5O4/c1-26(2,3)35-25(34)29-13-15-4-6-16(7-5-15)17-10-19(28-14-17)12-21-20-11-18(30-24(27)33)8-9-22(20)31-23(21)32/h4-12,14,28H,13H2,1-3H3,(H,29,34)(H,31,32)(H3,27,30,33)/b21-12-. The Morgan fingerprint density at radius 1 is 1.06 bits per heavy atom. The van der Waals surface area contributed by atoms with Gasteiger partial charge >= 0.3 is 12.1 Å². The summed E-state index contributed by atoms with van der Waals surface area (Å²) >= 11 is 0. The van der Waals surface area contributed by atoms with Gasteiger partial charge < -0.3 is 31.4 Å². The Hall–Kier alpha value is -4.53. The van der Waals surface area contributed by atoms with Gasteiger partial charge in [0, 0.05) is 35.4 Å². The molecule has 9 heteroatoms. The molecule has 4 amide bonds. The Morgan fingerprint density at radius 2 is 1.80 bits per heavy atom. The molecule has 0 fully saturated rings. The summed E-state index contributed by atoms with van der Waals surface area (Å²) in [5.41, 5.74) is 10.6. The van der Waals surface area contributed by atoms with Gasteiger partial charge in [0.15, 0.2) is 0 Å². The zero-order chi connectivity index (χ0) is 25.2. The first kappa shape index (κ1) is 23.6. The number of ether oxygens (including phenoxy) is 1. The number of rotatable bonds is 5. The molecule has 0 radical (unpaired) electrons. The largest absolute Gasteiger partial charge is 0.444 e. The van der Waals surface area contributed by atoms with Crippen molar-refractivity contribution in [3.8, 4) is 11.1 Å². The molecular weight excluding hydrogens is 446 g/mol. The van der Waals surface area contributed by atoms with Gasteiger partial charge in [-0.1, -0.05) is 24.3 Å². The van der Waals surface area contributed by atoms with Crippen LogP contribution in [-0.2, 0) is 16.1 Å². The molecule has 0 bridgehead atoms. The van der Waals surface area contributed by atoms with E-state index in [0.717, 1.165) is 22.4 Å². The Bertz CT molecular complexity index is 1320. The fraction of sp³-hybridized carbons (Fsp3) is 0.192. The molecule has 0 aliphatic carbocycles. The SMILES string of the molecule is CC(C)(C)OC(=O)NCc1ccc(-c2c[nH]c(/C=C3\C(=O)Nc4ccc(NC(N)=O)cc43)c2)cc1. The molecule has 2 heterocycles. The number of hydrogen-bond acceptors (Lipinski definition) is 4. The number of nitrogens with two attached hydrogens (primary N) is 1. The van der Waals surface area contributed by atoms with Crippen LogP contribution in [0.25, 0.3) is 22.8 Å². The number of aromatic amines is 1. The van der Waals surface area contributed by atoms with Gasteiger partial charge in [0.2, 0.25) is 0 Å². The fourth-order valence-electron chi connectivity index (χ4n) is 3.67. The van der Waals surface area contributed by atoms with Crippen LogP contribution in [0.4, 0.5) is 21.0 Å². The number of carbonyl (C=O) groups is 3. The Balaban J connectivity index is 1.47. The molecule has 0 saturated heterocycles. The fourth-order valence-corrected chi connectivity index (χ4v) is 3.67. The molecule has 180 valence electrons. The van der Waals surface area contributed by atoms with E-state index < -0.39 is 17.7 Å². The normalized spacial score (nSPS) is 13.8. The summed E-state index contributed by atoms with van der Waals surface area (Å²) in [6.45, 7) is 5.82. The predicted octanol–water partition coefficient (Wildman–Crippen LogP) is 4.69. The lowest BCUT2D eigenvalue weighted by Crippen LogP contribution is -2.32. The lowest BCUT2D eigenvalue weighted by Gasteiger charge is -2.19. The van der Waals surface area contributed by atoms with Crippen LogP contribution in [-0.4, -0.2) is 28.6 Å². The van der Waals surface area contributed by atoms with Gasteiger partial charge in [-0.05, 0) is 67.8 Å². The molecule has 6 N–H and O–H groups in total. The molecule has 9 nitrogen and oxygen atoms in total. The van der Waals surface area contributed by atoms with Gasteiger partial charge in [-0.3, -0.25) is 4.79 Å². The third kappa shape index (κ3) is 5.89. The summed E-state index contributed by atoms with van der Waals surface area (Å²) < 4.78 is 5.25. The zero-order valence-corrected chi connectivity index (χ0v) is 19.7. The molecule has 1 aliphatic rings. The number of benzene rings is 2. The molecule has 4 rings (SSSR count). The number of alkyl carbamates (subject to hydrolysis) is 1. The van der Waals surface area contributed by atoms with E-state index >= 15 is 0 Å². The number of H-pyrrole nitrogens is 1. The number of aromatic nitrogens is 1. The molecule has 2 aromatic carbocycles. The average Bonchev–Trinajstić information content (AvgIpc) is 3.36. The van der Waals surface area contributed by atoms with E-state index in [2.05, 4.69) is 20.9 Å². The van der Waals surface area contributed by atoms with Gasteiger partial charge in [0.1, 0.15) is 5.60 Å². The lowest BCUT2D eigenvalue weighted by atomic mass is 10.0. The Kier molecular flexibility index (Phi) is 6.33. The second-order valence-electron chi connectivity index (χ2n) is 9.16. The summed E-state index contributed by atoms with van der Waals surface area (Å²) in [5.74, 6) is -0.228. The van der Waals surface area contributed by atoms with Gasteiger partial charge in [0.25, 0.3) is 5.91 Å². The van der Waals surface area contributed by atoms with Crippen molar-refractivity contribution in [1.29, 1.82) is 0 Å². The monoisotopic (exact) mass is 473 g/mol. The summed E-state index contributed by atoms with van der Waals surface area (Å²) in [5, 5.41) is 8.09. The summed E-state index contributed by atoms with van der Waals surface area (Å²) in [4.78, 5) is 38.7. The Morgan fingerprint density at radius 3 is 2.49 bits per heavy atom. The average molecular weight is 474 g/mol. The van der Waals surface area contributed by atoms with E-state index in [9.17, 15) is 14.4 Å². The second kappa shape index (κ2) is 9.38. The minimum absolute atomic E-state index is 0.228. The van der Waals surface area contributed by atoms with Crippen molar-refractivity contribution >= 4 is 41.1 Å². The second-order valence-corrected chi connectivity index (χ2v) is 9.16. The van der Waals surface area contributed by atoms with Crippen molar-refractivity contribution in [2.75, 3.05) is 10.6 Å². The number of fused-ring (bicyclic) bond motifs is 1. The van der Waals surface area contributed by atoms with E-state index in [1.165, 1.54) is 0 Å². The topological polar surface area (TPSA) is 138 Å². The maximum Gasteiger partial charge on any atom is 0.407 e. The van der Waals surface area contributed by atoms with Crippen LogP contribution in [0.3, 0.4) is 0 Å². The van der Waals surface area contributed by atoms with Crippen molar-refractivity contribution in [2.24, 2.45) is 5.73 Å². The molecule has 0 spiro atoms. The molecule has 1 aromatic heterocycles. The van der Waals surface area contributed by atoms with Crippen molar-refractivity contribution < 1.29 is 19.1 Å². The summed E-state index contributed by atoms with van der Waals surface area (Å²) in [7, 11) is 0. The number of primary amides is 1. The lowest BCUT2D eigenvalue weighted by molar-refractivity contribution is -0.110. The van der Waals surface area contributed by atoms with Crippen LogP contribution in [0.1, 0.15) is 37.6 Å². The van der Waals surface area contributed by atoms with Gasteiger partial charge in [0.05, 0.1) is 5.57 Å². The summed E-state index contributed by atoms with van der Waals surface area (Å²) in [6, 6.07) is 14.2. The molecule has 35 heavy (non-hydrogen) atoms. The highest BCUT2D eigenvalue weighted by Crippen LogP contribution is 2.35. The van der Waals surface area contributed by atoms with Crippen LogP contribution in [0.15, 0.2) is 54.7 Å². The number of anilines is 2. The molecular formula is C26H27N5O4. The first-order valence-electron chi connectivity index (χ1n) is 11.1. The van der Waals surface area contributed by atoms with E-state index in [-0.39, 0.29) is 5.91 Å². The number of hydrogen-bond donors (Lipinski definition) is 5. The Labute approximate surface area is 202 Å². The van der Waals surface area contributed by atoms with E-state index in [1.54, 1.807) is 24.3 Å². The number of amides is 4. The van der Waals surface area contributed by atoms with E-state index in [0.29, 0.717) is 29.1 Å². The highest BCUT2D eigenvalue weighted by Gasteiger charge is 2.24. The van der Waals surface area contributed by atoms with Crippen molar-refractivity contribution in [3.05, 3.63) is 71.5 Å². The molecule has 3 aromatic rings. The number of urea groups is 1. The third-order valence-electron chi connectivity index (χ3n) is 5.20. The maximum absolute atomic E-state index is 12.5. The first-order chi connectivity index (χ1) is 16.6. The van der Waals surface area contributed by atoms with Crippen LogP contribution in [0, 0.1) is 0 Å². The van der Waals surface area contributed by atoms with E-state index in [1.807, 2.05) is 57.3 Å². The quantitative estimate of drug-likeness (QED) is 0.343. The van der Waals surface area contributed by atoms with Crippen molar-refractivity contribution in [3.63, 3.8) is 0 Å². The molecule has 1 aliphatic heterocycles. The van der Waals surface area contributed by atoms with Crippen molar-refractivity contribution in [2.45, 2.75) is 32.9 Å². The van der Waals surface area contributed by atoms with Gasteiger partial charge in [-0.2, -0.15) is 0 Å². The van der Waals surface area contributed by atoms with Crippen LogP contribution in [0.2, 0.25) is 0 Å². The van der Waals surface area contributed by atoms with Crippen LogP contribution >= 0.6 is 0 Å². The molecule has 0 atom stereocenters. The third-order valence-corrected chi connectivity index (χ3v) is 5.20. The maximum atomic E-state index is 12.5. The zero-order valence-electron chi connectivity index (χ0n) is 19.7. The van der Waals surface area contributed by atoms with Gasteiger partial charge in [-0.15, -0.1) is 0 Å². The minimum Gasteiger partial charge on any atom is -0.444 e. The molecule has 0 saturated carbocycles. The summed E-state index contributed by atoms with van der Waals surface area (Å²) in [6.07, 6.45) is 3.16. The highest BCUT2D eigenvalue weighted by atomic mass is 16.6. The number of nitrogens with one attached hydrogen (secondary N) is 4. The molecule has 0 unspecified atom stereocenters.